The van der Waals surface area contributed by atoms with E-state index in [2.05, 4.69) is 10.2 Å². The Hall–Kier alpha value is -3.16. The van der Waals surface area contributed by atoms with Gasteiger partial charge in [0, 0.05) is 0 Å². The molecule has 3 aromatic rings. The number of halogens is 3. The van der Waals surface area contributed by atoms with Crippen LogP contribution in [0.25, 0.3) is 11.5 Å². The Morgan fingerprint density at radius 3 is 2.38 bits per heavy atom. The molecule has 0 bridgehead atoms. The summed E-state index contributed by atoms with van der Waals surface area (Å²) in [5, 5.41) is 7.28. The quantitative estimate of drug-likeness (QED) is 0.535. The standard InChI is InChI=1S/C16H9F3N2O3/c17-16(18,19)11-7-5-10(6-8-11)15(22)24-13-4-2-1-3-12(13)14-21-20-9-23-14/h1-9H. The summed E-state index contributed by atoms with van der Waals surface area (Å²) in [6.45, 7) is 0. The summed E-state index contributed by atoms with van der Waals surface area (Å²) in [5.41, 5.74) is -0.455. The first-order valence-electron chi connectivity index (χ1n) is 6.70. The number of alkyl halides is 3. The molecule has 2 aromatic carbocycles. The van der Waals surface area contributed by atoms with Crippen LogP contribution in [0.4, 0.5) is 13.2 Å². The number of para-hydroxylation sites is 1. The summed E-state index contributed by atoms with van der Waals surface area (Å²) in [4.78, 5) is 12.1. The van der Waals surface area contributed by atoms with Crippen molar-refractivity contribution in [1.29, 1.82) is 0 Å². The van der Waals surface area contributed by atoms with Gasteiger partial charge in [0.2, 0.25) is 6.39 Å². The van der Waals surface area contributed by atoms with Gasteiger partial charge in [0.25, 0.3) is 5.89 Å². The van der Waals surface area contributed by atoms with E-state index in [9.17, 15) is 18.0 Å². The summed E-state index contributed by atoms with van der Waals surface area (Å²) >= 11 is 0. The van der Waals surface area contributed by atoms with E-state index in [-0.39, 0.29) is 17.2 Å². The highest BCUT2D eigenvalue weighted by molar-refractivity contribution is 5.92. The second kappa shape index (κ2) is 6.15. The van der Waals surface area contributed by atoms with E-state index in [0.29, 0.717) is 5.56 Å². The van der Waals surface area contributed by atoms with Crippen molar-refractivity contribution >= 4 is 5.97 Å². The first-order chi connectivity index (χ1) is 11.4. The van der Waals surface area contributed by atoms with Gasteiger partial charge in [-0.15, -0.1) is 10.2 Å². The maximum atomic E-state index is 12.5. The van der Waals surface area contributed by atoms with Crippen molar-refractivity contribution in [2.45, 2.75) is 6.18 Å². The monoisotopic (exact) mass is 334 g/mol. The molecular formula is C16H9F3N2O3. The molecule has 122 valence electrons. The van der Waals surface area contributed by atoms with Crippen LogP contribution in [0.5, 0.6) is 5.75 Å². The molecule has 0 saturated carbocycles. The summed E-state index contributed by atoms with van der Waals surface area (Å²) in [5.74, 6) is -0.479. The molecule has 1 heterocycles. The van der Waals surface area contributed by atoms with Crippen molar-refractivity contribution in [3.05, 3.63) is 66.1 Å². The Balaban J connectivity index is 1.83. The first-order valence-corrected chi connectivity index (χ1v) is 6.70. The van der Waals surface area contributed by atoms with Crippen LogP contribution in [0.15, 0.2) is 59.3 Å². The lowest BCUT2D eigenvalue weighted by Gasteiger charge is -2.09. The predicted molar refractivity (Wildman–Crippen MR) is 76.1 cm³/mol. The Morgan fingerprint density at radius 2 is 1.75 bits per heavy atom. The van der Waals surface area contributed by atoms with Gasteiger partial charge < -0.3 is 9.15 Å². The molecule has 0 atom stereocenters. The molecule has 0 N–H and O–H groups in total. The van der Waals surface area contributed by atoms with E-state index in [4.69, 9.17) is 9.15 Å². The van der Waals surface area contributed by atoms with E-state index < -0.39 is 17.7 Å². The SMILES string of the molecule is O=C(Oc1ccccc1-c1nnco1)c1ccc(C(F)(F)F)cc1. The minimum Gasteiger partial charge on any atom is -0.423 e. The van der Waals surface area contributed by atoms with Crippen LogP contribution >= 0.6 is 0 Å². The molecule has 8 heteroatoms. The number of esters is 1. The average Bonchev–Trinajstić information content (AvgIpc) is 3.09. The van der Waals surface area contributed by atoms with Gasteiger partial charge in [-0.2, -0.15) is 13.2 Å². The zero-order chi connectivity index (χ0) is 17.2. The lowest BCUT2D eigenvalue weighted by molar-refractivity contribution is -0.137. The molecule has 0 fully saturated rings. The van der Waals surface area contributed by atoms with E-state index in [1.807, 2.05) is 0 Å². The zero-order valence-corrected chi connectivity index (χ0v) is 11.9. The summed E-state index contributed by atoms with van der Waals surface area (Å²) in [7, 11) is 0. The Kier molecular flexibility index (Phi) is 4.03. The van der Waals surface area contributed by atoms with Gasteiger partial charge >= 0.3 is 12.1 Å². The van der Waals surface area contributed by atoms with Gasteiger partial charge in [-0.25, -0.2) is 4.79 Å². The lowest BCUT2D eigenvalue weighted by Crippen LogP contribution is -2.10. The molecule has 0 spiro atoms. The van der Waals surface area contributed by atoms with E-state index in [0.717, 1.165) is 30.7 Å². The number of hydrogen-bond acceptors (Lipinski definition) is 5. The number of ether oxygens (including phenoxy) is 1. The molecule has 24 heavy (non-hydrogen) atoms. The molecule has 3 rings (SSSR count). The number of hydrogen-bond donors (Lipinski definition) is 0. The largest absolute Gasteiger partial charge is 0.423 e. The maximum Gasteiger partial charge on any atom is 0.416 e. The molecule has 0 aliphatic carbocycles. The number of aromatic nitrogens is 2. The fraction of sp³-hybridized carbons (Fsp3) is 0.0625. The fourth-order valence-corrected chi connectivity index (χ4v) is 1.98. The van der Waals surface area contributed by atoms with Crippen LogP contribution in [0.3, 0.4) is 0 Å². The second-order valence-corrected chi connectivity index (χ2v) is 4.70. The van der Waals surface area contributed by atoms with Gasteiger partial charge in [-0.05, 0) is 36.4 Å². The topological polar surface area (TPSA) is 65.2 Å². The molecular weight excluding hydrogens is 325 g/mol. The molecule has 0 radical (unpaired) electrons. The number of carbonyl (C=O) groups excluding carboxylic acids is 1. The van der Waals surface area contributed by atoms with Crippen molar-refractivity contribution < 1.29 is 27.1 Å². The van der Waals surface area contributed by atoms with Gasteiger partial charge in [0.1, 0.15) is 5.75 Å². The summed E-state index contributed by atoms with van der Waals surface area (Å²) in [6.07, 6.45) is -3.34. The van der Waals surface area contributed by atoms with Crippen LogP contribution in [0, 0.1) is 0 Å². The molecule has 0 aliphatic rings. The molecule has 0 unspecified atom stereocenters. The predicted octanol–water partition coefficient (Wildman–Crippen LogP) is 3.97. The van der Waals surface area contributed by atoms with Crippen molar-refractivity contribution in [3.8, 4) is 17.2 Å². The third-order valence-electron chi connectivity index (χ3n) is 3.13. The third-order valence-corrected chi connectivity index (χ3v) is 3.13. The lowest BCUT2D eigenvalue weighted by atomic mass is 10.1. The first kappa shape index (κ1) is 15.7. The van der Waals surface area contributed by atoms with Gasteiger partial charge in [-0.3, -0.25) is 0 Å². The highest BCUT2D eigenvalue weighted by atomic mass is 19.4. The third kappa shape index (κ3) is 3.27. The van der Waals surface area contributed by atoms with Crippen molar-refractivity contribution in [1.82, 2.24) is 10.2 Å². The van der Waals surface area contributed by atoms with Crippen LogP contribution in [-0.2, 0) is 6.18 Å². The Bertz CT molecular complexity index is 844. The second-order valence-electron chi connectivity index (χ2n) is 4.70. The molecule has 0 saturated heterocycles. The highest BCUT2D eigenvalue weighted by Gasteiger charge is 2.30. The number of benzene rings is 2. The minimum atomic E-state index is -4.47. The number of nitrogens with zero attached hydrogens (tertiary/aromatic N) is 2. The summed E-state index contributed by atoms with van der Waals surface area (Å²) in [6, 6.07) is 10.2. The van der Waals surface area contributed by atoms with Crippen LogP contribution in [0.1, 0.15) is 15.9 Å². The number of carbonyl (C=O) groups is 1. The van der Waals surface area contributed by atoms with E-state index >= 15 is 0 Å². The van der Waals surface area contributed by atoms with Crippen LogP contribution in [0.2, 0.25) is 0 Å². The molecule has 5 nitrogen and oxygen atoms in total. The van der Waals surface area contributed by atoms with Crippen LogP contribution in [-0.4, -0.2) is 16.2 Å². The number of rotatable bonds is 3. The average molecular weight is 334 g/mol. The van der Waals surface area contributed by atoms with E-state index in [1.165, 1.54) is 6.07 Å². The smallest absolute Gasteiger partial charge is 0.416 e. The molecule has 0 aliphatic heterocycles. The molecule has 0 amide bonds. The minimum absolute atomic E-state index is 0.0108. The zero-order valence-electron chi connectivity index (χ0n) is 11.9. The van der Waals surface area contributed by atoms with Crippen LogP contribution < -0.4 is 4.74 Å². The Labute approximate surface area is 133 Å². The van der Waals surface area contributed by atoms with E-state index in [1.54, 1.807) is 18.2 Å². The van der Waals surface area contributed by atoms with Gasteiger partial charge in [0.05, 0.1) is 16.7 Å². The van der Waals surface area contributed by atoms with Crippen molar-refractivity contribution in [2.24, 2.45) is 0 Å². The van der Waals surface area contributed by atoms with Crippen molar-refractivity contribution in [3.63, 3.8) is 0 Å². The highest BCUT2D eigenvalue weighted by Crippen LogP contribution is 2.30. The van der Waals surface area contributed by atoms with Gasteiger partial charge in [0.15, 0.2) is 0 Å². The Morgan fingerprint density at radius 1 is 1.04 bits per heavy atom. The van der Waals surface area contributed by atoms with Gasteiger partial charge in [-0.1, -0.05) is 12.1 Å². The fourth-order valence-electron chi connectivity index (χ4n) is 1.98. The molecule has 1 aromatic heterocycles. The summed E-state index contributed by atoms with van der Waals surface area (Å²) < 4.78 is 47.9. The maximum absolute atomic E-state index is 12.5. The van der Waals surface area contributed by atoms with Crippen molar-refractivity contribution in [2.75, 3.05) is 0 Å². The normalized spacial score (nSPS) is 11.3.